The molecule has 0 radical (unpaired) electrons. The topological polar surface area (TPSA) is 74.8 Å². The summed E-state index contributed by atoms with van der Waals surface area (Å²) in [6, 6.07) is 1.06. The number of halogens is 3. The summed E-state index contributed by atoms with van der Waals surface area (Å²) in [7, 11) is -5.34. The van der Waals surface area contributed by atoms with Gasteiger partial charge in [-0.15, -0.1) is 0 Å². The normalized spacial score (nSPS) is 12.8. The molecule has 2 N–H and O–H groups in total. The largest absolute Gasteiger partial charge is 0.516 e. The van der Waals surface area contributed by atoms with E-state index >= 15 is 0 Å². The van der Waals surface area contributed by atoms with Crippen LogP contribution in [0.1, 0.15) is 0 Å². The van der Waals surface area contributed by atoms with Crippen LogP contribution in [0.2, 0.25) is 0 Å². The van der Waals surface area contributed by atoms with Crippen molar-refractivity contribution >= 4 is 15.8 Å². The first-order valence-corrected chi connectivity index (χ1v) is 4.40. The molecule has 1 aromatic rings. The van der Waals surface area contributed by atoms with E-state index in [2.05, 4.69) is 5.10 Å². The Hall–Kier alpha value is -1.25. The van der Waals surface area contributed by atoms with E-state index in [4.69, 9.17) is 0 Å². The van der Waals surface area contributed by atoms with E-state index in [1.807, 2.05) is 5.10 Å². The summed E-state index contributed by atoms with van der Waals surface area (Å²) < 4.78 is 57.4. The minimum Gasteiger partial charge on any atom is -0.262 e. The molecule has 0 fully saturated rings. The van der Waals surface area contributed by atoms with Crippen LogP contribution >= 0.6 is 0 Å². The van der Waals surface area contributed by atoms with Crippen molar-refractivity contribution in [2.45, 2.75) is 5.51 Å². The van der Waals surface area contributed by atoms with Gasteiger partial charge in [0.2, 0.25) is 0 Å². The molecular weight excluding hydrogens is 211 g/mol. The molecule has 0 saturated heterocycles. The number of sulfonamides is 1. The Bertz CT molecular complexity index is 368. The van der Waals surface area contributed by atoms with Gasteiger partial charge in [0.05, 0.1) is 6.20 Å². The molecule has 0 aliphatic carbocycles. The molecule has 1 aromatic heterocycles. The Kier molecular flexibility index (Phi) is 2.20. The summed E-state index contributed by atoms with van der Waals surface area (Å²) in [6.07, 6.45) is 1.12. The standard InChI is InChI=1S/C4H4F3N3O2S/c5-4(6,7)13(11,12)10-3-1-2-8-9-3/h1-2H,(H2,8,9,10). The summed E-state index contributed by atoms with van der Waals surface area (Å²) in [6.45, 7) is 0. The SMILES string of the molecule is O=S(=O)(Nc1ccn[nH]1)C(F)(F)F. The number of hydrogen-bond acceptors (Lipinski definition) is 3. The lowest BCUT2D eigenvalue weighted by molar-refractivity contribution is -0.0429. The third-order valence-corrected chi connectivity index (χ3v) is 2.15. The molecule has 0 saturated carbocycles. The van der Waals surface area contributed by atoms with Crippen LogP contribution in [0.5, 0.6) is 0 Å². The second kappa shape index (κ2) is 2.91. The lowest BCUT2D eigenvalue weighted by atomic mass is 10.7. The van der Waals surface area contributed by atoms with Crippen LogP contribution in [0.25, 0.3) is 0 Å². The first-order valence-electron chi connectivity index (χ1n) is 2.91. The molecule has 74 valence electrons. The maximum absolute atomic E-state index is 11.7. The van der Waals surface area contributed by atoms with E-state index < -0.39 is 15.5 Å². The van der Waals surface area contributed by atoms with Crippen LogP contribution in [0.15, 0.2) is 12.3 Å². The van der Waals surface area contributed by atoms with Crippen LogP contribution < -0.4 is 4.72 Å². The smallest absolute Gasteiger partial charge is 0.262 e. The number of aromatic amines is 1. The van der Waals surface area contributed by atoms with E-state index in [0.717, 1.165) is 12.3 Å². The van der Waals surface area contributed by atoms with Gasteiger partial charge in [-0.05, 0) is 0 Å². The van der Waals surface area contributed by atoms with Crippen LogP contribution in [-0.2, 0) is 10.0 Å². The third kappa shape index (κ3) is 2.11. The number of rotatable bonds is 2. The van der Waals surface area contributed by atoms with Crippen molar-refractivity contribution in [1.82, 2.24) is 10.2 Å². The Morgan fingerprint density at radius 1 is 1.46 bits per heavy atom. The Morgan fingerprint density at radius 3 is 2.46 bits per heavy atom. The number of anilines is 1. The van der Waals surface area contributed by atoms with Gasteiger partial charge in [0.1, 0.15) is 5.82 Å². The summed E-state index contributed by atoms with van der Waals surface area (Å²) in [5.74, 6) is -0.336. The van der Waals surface area contributed by atoms with Gasteiger partial charge in [0.25, 0.3) is 0 Å². The van der Waals surface area contributed by atoms with Gasteiger partial charge < -0.3 is 0 Å². The highest BCUT2D eigenvalue weighted by molar-refractivity contribution is 7.93. The first-order chi connectivity index (χ1) is 5.83. The second-order valence-corrected chi connectivity index (χ2v) is 3.70. The zero-order valence-corrected chi connectivity index (χ0v) is 6.78. The van der Waals surface area contributed by atoms with Gasteiger partial charge in [-0.25, -0.2) is 0 Å². The third-order valence-electron chi connectivity index (χ3n) is 1.05. The zero-order chi connectivity index (χ0) is 10.1. The van der Waals surface area contributed by atoms with Gasteiger partial charge in [0.15, 0.2) is 0 Å². The van der Waals surface area contributed by atoms with Crippen molar-refractivity contribution in [3.8, 4) is 0 Å². The summed E-state index contributed by atoms with van der Waals surface area (Å²) in [5.41, 5.74) is -5.32. The number of nitrogens with zero attached hydrogens (tertiary/aromatic N) is 1. The second-order valence-electron chi connectivity index (χ2n) is 2.02. The fourth-order valence-corrected chi connectivity index (χ4v) is 1.03. The van der Waals surface area contributed by atoms with Gasteiger partial charge in [-0.3, -0.25) is 9.82 Å². The molecule has 1 heterocycles. The molecule has 0 aliphatic rings. The number of alkyl halides is 3. The van der Waals surface area contributed by atoms with Crippen LogP contribution in [0, 0.1) is 0 Å². The Labute approximate surface area is 71.0 Å². The van der Waals surface area contributed by atoms with E-state index in [1.54, 1.807) is 0 Å². The molecular formula is C4H4F3N3O2S. The van der Waals surface area contributed by atoms with E-state index in [-0.39, 0.29) is 5.82 Å². The lowest BCUT2D eigenvalue weighted by Crippen LogP contribution is -2.30. The van der Waals surface area contributed by atoms with E-state index in [1.165, 1.54) is 4.72 Å². The van der Waals surface area contributed by atoms with Gasteiger partial charge >= 0.3 is 15.5 Å². The molecule has 13 heavy (non-hydrogen) atoms. The molecule has 0 amide bonds. The summed E-state index contributed by atoms with van der Waals surface area (Å²) >= 11 is 0. The number of H-pyrrole nitrogens is 1. The van der Waals surface area contributed by atoms with Crippen molar-refractivity contribution in [1.29, 1.82) is 0 Å². The maximum Gasteiger partial charge on any atom is 0.516 e. The molecule has 0 spiro atoms. The van der Waals surface area contributed by atoms with E-state index in [0.29, 0.717) is 0 Å². The highest BCUT2D eigenvalue weighted by atomic mass is 32.2. The predicted octanol–water partition coefficient (Wildman–Crippen LogP) is 0.671. The van der Waals surface area contributed by atoms with Gasteiger partial charge in [0, 0.05) is 6.07 Å². The van der Waals surface area contributed by atoms with Crippen molar-refractivity contribution in [2.24, 2.45) is 0 Å². The first kappa shape index (κ1) is 9.84. The predicted molar refractivity (Wildman–Crippen MR) is 37.2 cm³/mol. The van der Waals surface area contributed by atoms with Crippen molar-refractivity contribution in [3.05, 3.63) is 12.3 Å². The van der Waals surface area contributed by atoms with Crippen LogP contribution in [0.3, 0.4) is 0 Å². The maximum atomic E-state index is 11.7. The quantitative estimate of drug-likeness (QED) is 0.761. The molecule has 9 heteroatoms. The van der Waals surface area contributed by atoms with Gasteiger partial charge in [-0.1, -0.05) is 0 Å². The monoisotopic (exact) mass is 215 g/mol. The highest BCUT2D eigenvalue weighted by Gasteiger charge is 2.46. The summed E-state index contributed by atoms with van der Waals surface area (Å²) in [5, 5.41) is 5.29. The molecule has 5 nitrogen and oxygen atoms in total. The molecule has 0 atom stereocenters. The molecule has 1 rings (SSSR count). The van der Waals surface area contributed by atoms with Crippen LogP contribution in [0.4, 0.5) is 19.0 Å². The Morgan fingerprint density at radius 2 is 2.08 bits per heavy atom. The fraction of sp³-hybridized carbons (Fsp3) is 0.250. The molecule has 0 aliphatic heterocycles. The van der Waals surface area contributed by atoms with Gasteiger partial charge in [-0.2, -0.15) is 26.7 Å². The average molecular weight is 215 g/mol. The molecule has 0 bridgehead atoms. The van der Waals surface area contributed by atoms with Crippen molar-refractivity contribution in [2.75, 3.05) is 4.72 Å². The molecule has 0 aromatic carbocycles. The molecule has 0 unspecified atom stereocenters. The fourth-order valence-electron chi connectivity index (χ4n) is 0.515. The zero-order valence-electron chi connectivity index (χ0n) is 5.96. The van der Waals surface area contributed by atoms with Crippen molar-refractivity contribution in [3.63, 3.8) is 0 Å². The Balaban J connectivity index is 2.87. The summed E-state index contributed by atoms with van der Waals surface area (Å²) in [4.78, 5) is 0. The van der Waals surface area contributed by atoms with Crippen LogP contribution in [-0.4, -0.2) is 24.1 Å². The number of nitrogens with one attached hydrogen (secondary N) is 2. The minimum absolute atomic E-state index is 0.336. The number of hydrogen-bond donors (Lipinski definition) is 2. The average Bonchev–Trinajstić information content (AvgIpc) is 2.35. The lowest BCUT2D eigenvalue weighted by Gasteiger charge is -2.07. The van der Waals surface area contributed by atoms with E-state index in [9.17, 15) is 21.6 Å². The minimum atomic E-state index is -5.34. The highest BCUT2D eigenvalue weighted by Crippen LogP contribution is 2.24. The van der Waals surface area contributed by atoms with Crippen molar-refractivity contribution < 1.29 is 21.6 Å². The number of aromatic nitrogens is 2.